The summed E-state index contributed by atoms with van der Waals surface area (Å²) in [6, 6.07) is 14.8. The Morgan fingerprint density at radius 1 is 1.15 bits per heavy atom. The van der Waals surface area contributed by atoms with Crippen molar-refractivity contribution in [3.63, 3.8) is 0 Å². The van der Waals surface area contributed by atoms with Gasteiger partial charge in [0.1, 0.15) is 5.01 Å². The molecule has 3 rings (SSSR count). The molecule has 20 heavy (non-hydrogen) atoms. The van der Waals surface area contributed by atoms with Crippen molar-refractivity contribution < 1.29 is 4.79 Å². The van der Waals surface area contributed by atoms with E-state index in [0.29, 0.717) is 17.8 Å². The number of nitrogens with zero attached hydrogens (tertiary/aromatic N) is 1. The van der Waals surface area contributed by atoms with Gasteiger partial charge in [0.2, 0.25) is 0 Å². The van der Waals surface area contributed by atoms with Crippen LogP contribution in [-0.4, -0.2) is 10.9 Å². The zero-order chi connectivity index (χ0) is 13.9. The number of benzene rings is 2. The minimum absolute atomic E-state index is 0.121. The molecule has 0 saturated carbocycles. The molecule has 1 aromatic heterocycles. The Morgan fingerprint density at radius 2 is 1.90 bits per heavy atom. The van der Waals surface area contributed by atoms with Crippen LogP contribution in [0.2, 0.25) is 0 Å². The maximum atomic E-state index is 12.0. The molecule has 0 saturated heterocycles. The Morgan fingerprint density at radius 3 is 2.65 bits per heavy atom. The summed E-state index contributed by atoms with van der Waals surface area (Å²) in [5, 5.41) is 3.76. The fourth-order valence-corrected chi connectivity index (χ4v) is 2.80. The Hall–Kier alpha value is -2.40. The number of carbonyl (C=O) groups is 1. The van der Waals surface area contributed by atoms with Crippen LogP contribution in [0.15, 0.2) is 48.5 Å². The molecule has 0 atom stereocenters. The maximum absolute atomic E-state index is 12.0. The summed E-state index contributed by atoms with van der Waals surface area (Å²) in [6.07, 6.45) is 0. The molecule has 5 heteroatoms. The molecular formula is C15H13N3OS. The molecule has 0 fully saturated rings. The lowest BCUT2D eigenvalue weighted by Crippen LogP contribution is -2.22. The van der Waals surface area contributed by atoms with E-state index in [4.69, 9.17) is 5.73 Å². The number of nitrogens with one attached hydrogen (secondary N) is 1. The second-order valence-corrected chi connectivity index (χ2v) is 5.50. The second-order valence-electron chi connectivity index (χ2n) is 4.38. The lowest BCUT2D eigenvalue weighted by Gasteiger charge is -2.03. The van der Waals surface area contributed by atoms with Crippen molar-refractivity contribution in [1.82, 2.24) is 10.3 Å². The van der Waals surface area contributed by atoms with Gasteiger partial charge in [0.15, 0.2) is 0 Å². The Kier molecular flexibility index (Phi) is 3.35. The highest BCUT2D eigenvalue weighted by Gasteiger charge is 2.07. The van der Waals surface area contributed by atoms with Gasteiger partial charge in [-0.2, -0.15) is 0 Å². The summed E-state index contributed by atoms with van der Waals surface area (Å²) in [6.45, 7) is 0.433. The van der Waals surface area contributed by atoms with E-state index in [0.717, 1.165) is 15.2 Å². The first-order valence-electron chi connectivity index (χ1n) is 6.20. The van der Waals surface area contributed by atoms with Crippen LogP contribution in [0.3, 0.4) is 0 Å². The number of aromatic nitrogens is 1. The van der Waals surface area contributed by atoms with Crippen LogP contribution in [0.1, 0.15) is 15.4 Å². The minimum atomic E-state index is -0.121. The standard InChI is InChI=1S/C15H13N3OS/c16-11-7-5-10(6-8-11)15(19)17-9-14-18-12-3-1-2-4-13(12)20-14/h1-8H,9,16H2,(H,17,19). The van der Waals surface area contributed by atoms with E-state index in [2.05, 4.69) is 10.3 Å². The van der Waals surface area contributed by atoms with Gasteiger partial charge in [0.25, 0.3) is 5.91 Å². The quantitative estimate of drug-likeness (QED) is 0.726. The number of nitrogen functional groups attached to an aromatic ring is 1. The summed E-state index contributed by atoms with van der Waals surface area (Å²) in [5.74, 6) is -0.121. The third kappa shape index (κ3) is 2.62. The van der Waals surface area contributed by atoms with Crippen molar-refractivity contribution in [3.8, 4) is 0 Å². The Labute approximate surface area is 120 Å². The average Bonchev–Trinajstić information content (AvgIpc) is 2.88. The van der Waals surface area contributed by atoms with Crippen LogP contribution in [0.4, 0.5) is 5.69 Å². The number of rotatable bonds is 3. The molecule has 4 nitrogen and oxygen atoms in total. The van der Waals surface area contributed by atoms with Crippen LogP contribution in [-0.2, 0) is 6.54 Å². The summed E-state index contributed by atoms with van der Waals surface area (Å²) in [4.78, 5) is 16.4. The van der Waals surface area contributed by atoms with Crippen molar-refractivity contribution in [2.75, 3.05) is 5.73 Å². The van der Waals surface area contributed by atoms with Crippen LogP contribution in [0.25, 0.3) is 10.2 Å². The molecule has 0 aliphatic carbocycles. The van der Waals surface area contributed by atoms with E-state index < -0.39 is 0 Å². The van der Waals surface area contributed by atoms with Crippen LogP contribution >= 0.6 is 11.3 Å². The van der Waals surface area contributed by atoms with E-state index in [1.54, 1.807) is 35.6 Å². The number of para-hydroxylation sites is 1. The van der Waals surface area contributed by atoms with Gasteiger partial charge >= 0.3 is 0 Å². The molecule has 0 unspecified atom stereocenters. The fraction of sp³-hybridized carbons (Fsp3) is 0.0667. The van der Waals surface area contributed by atoms with Gasteiger partial charge in [-0.05, 0) is 36.4 Å². The number of amides is 1. The van der Waals surface area contributed by atoms with Gasteiger partial charge in [0, 0.05) is 11.3 Å². The predicted molar refractivity (Wildman–Crippen MR) is 81.6 cm³/mol. The maximum Gasteiger partial charge on any atom is 0.251 e. The molecular weight excluding hydrogens is 270 g/mol. The molecule has 3 aromatic rings. The fourth-order valence-electron chi connectivity index (χ4n) is 1.89. The van der Waals surface area contributed by atoms with Gasteiger partial charge in [-0.3, -0.25) is 4.79 Å². The zero-order valence-corrected chi connectivity index (χ0v) is 11.5. The normalized spacial score (nSPS) is 10.6. The molecule has 2 aromatic carbocycles. The SMILES string of the molecule is Nc1ccc(C(=O)NCc2nc3ccccc3s2)cc1. The van der Waals surface area contributed by atoms with E-state index in [-0.39, 0.29) is 5.91 Å². The number of hydrogen-bond acceptors (Lipinski definition) is 4. The molecule has 100 valence electrons. The number of fused-ring (bicyclic) bond motifs is 1. The minimum Gasteiger partial charge on any atom is -0.399 e. The largest absolute Gasteiger partial charge is 0.399 e. The van der Waals surface area contributed by atoms with Crippen LogP contribution in [0.5, 0.6) is 0 Å². The van der Waals surface area contributed by atoms with Crippen molar-refractivity contribution in [2.45, 2.75) is 6.54 Å². The first-order chi connectivity index (χ1) is 9.72. The van der Waals surface area contributed by atoms with E-state index >= 15 is 0 Å². The van der Waals surface area contributed by atoms with Crippen LogP contribution < -0.4 is 11.1 Å². The number of hydrogen-bond donors (Lipinski definition) is 2. The van der Waals surface area contributed by atoms with Gasteiger partial charge in [-0.15, -0.1) is 11.3 Å². The van der Waals surface area contributed by atoms with E-state index in [1.165, 1.54) is 0 Å². The molecule has 0 bridgehead atoms. The van der Waals surface area contributed by atoms with Gasteiger partial charge in [-0.1, -0.05) is 12.1 Å². The highest BCUT2D eigenvalue weighted by molar-refractivity contribution is 7.18. The van der Waals surface area contributed by atoms with Gasteiger partial charge in [-0.25, -0.2) is 4.98 Å². The Balaban J connectivity index is 1.69. The number of anilines is 1. The third-order valence-electron chi connectivity index (χ3n) is 2.91. The lowest BCUT2D eigenvalue weighted by molar-refractivity contribution is 0.0951. The molecule has 0 spiro atoms. The zero-order valence-electron chi connectivity index (χ0n) is 10.7. The molecule has 1 heterocycles. The molecule has 0 aliphatic rings. The summed E-state index contributed by atoms with van der Waals surface area (Å²) in [5.41, 5.74) is 7.81. The molecule has 0 aliphatic heterocycles. The van der Waals surface area contributed by atoms with Crippen molar-refractivity contribution in [2.24, 2.45) is 0 Å². The first kappa shape index (κ1) is 12.6. The topological polar surface area (TPSA) is 68.0 Å². The van der Waals surface area contributed by atoms with E-state index in [9.17, 15) is 4.79 Å². The molecule has 1 amide bonds. The van der Waals surface area contributed by atoms with Crippen LogP contribution in [0, 0.1) is 0 Å². The number of carbonyl (C=O) groups excluding carboxylic acids is 1. The lowest BCUT2D eigenvalue weighted by atomic mass is 10.2. The van der Waals surface area contributed by atoms with Crippen molar-refractivity contribution >= 4 is 33.1 Å². The second kappa shape index (κ2) is 5.30. The third-order valence-corrected chi connectivity index (χ3v) is 3.95. The average molecular weight is 283 g/mol. The first-order valence-corrected chi connectivity index (χ1v) is 7.02. The molecule has 3 N–H and O–H groups in total. The van der Waals surface area contributed by atoms with Crippen molar-refractivity contribution in [3.05, 3.63) is 59.1 Å². The summed E-state index contributed by atoms with van der Waals surface area (Å²) >= 11 is 1.59. The smallest absolute Gasteiger partial charge is 0.251 e. The number of nitrogens with two attached hydrogens (primary N) is 1. The molecule has 0 radical (unpaired) electrons. The highest BCUT2D eigenvalue weighted by atomic mass is 32.1. The highest BCUT2D eigenvalue weighted by Crippen LogP contribution is 2.21. The Bertz CT molecular complexity index is 716. The van der Waals surface area contributed by atoms with Gasteiger partial charge in [0.05, 0.1) is 16.8 Å². The van der Waals surface area contributed by atoms with E-state index in [1.807, 2.05) is 24.3 Å². The van der Waals surface area contributed by atoms with Gasteiger partial charge < -0.3 is 11.1 Å². The summed E-state index contributed by atoms with van der Waals surface area (Å²) in [7, 11) is 0. The predicted octanol–water partition coefficient (Wildman–Crippen LogP) is 2.81. The van der Waals surface area contributed by atoms with Crippen molar-refractivity contribution in [1.29, 1.82) is 0 Å². The monoisotopic (exact) mass is 283 g/mol. The summed E-state index contributed by atoms with van der Waals surface area (Å²) < 4.78 is 1.13. The number of thiazole rings is 1.